The Kier molecular flexibility index (Phi) is 5.58. The van der Waals surface area contributed by atoms with Crippen molar-refractivity contribution in [2.75, 3.05) is 5.32 Å². The fourth-order valence-corrected chi connectivity index (χ4v) is 3.29. The molecule has 2 rings (SSSR count). The molecule has 2 amide bonds. The minimum absolute atomic E-state index is 0.156. The van der Waals surface area contributed by atoms with Gasteiger partial charge in [-0.05, 0) is 38.5 Å². The van der Waals surface area contributed by atoms with Gasteiger partial charge >= 0.3 is 6.03 Å². The van der Waals surface area contributed by atoms with Crippen molar-refractivity contribution in [2.45, 2.75) is 38.3 Å². The monoisotopic (exact) mass is 352 g/mol. The lowest BCUT2D eigenvalue weighted by Crippen LogP contribution is -2.30. The van der Waals surface area contributed by atoms with Gasteiger partial charge in [0.15, 0.2) is 5.82 Å². The molecule has 0 saturated heterocycles. The number of anilines is 1. The molecule has 0 aliphatic heterocycles. The van der Waals surface area contributed by atoms with Crippen LogP contribution in [0.15, 0.2) is 39.8 Å². The second-order valence-corrected chi connectivity index (χ2v) is 7.27. The number of amides is 2. The Hall–Kier alpha value is -2.39. The lowest BCUT2D eigenvalue weighted by molar-refractivity contribution is 0.251. The number of benzene rings is 1. The van der Waals surface area contributed by atoms with Crippen LogP contribution in [0.2, 0.25) is 0 Å². The SMILES string of the molecule is Cc1cc(NC(=O)NCc2cccc(S(=O)(=O)NC(C)C)c2)no1. The molecule has 0 radical (unpaired) electrons. The number of aromatic nitrogens is 1. The molecule has 0 aliphatic carbocycles. The van der Waals surface area contributed by atoms with Crippen LogP contribution in [0.5, 0.6) is 0 Å². The summed E-state index contributed by atoms with van der Waals surface area (Å²) < 4.78 is 31.7. The van der Waals surface area contributed by atoms with E-state index < -0.39 is 16.1 Å². The van der Waals surface area contributed by atoms with E-state index in [1.165, 1.54) is 12.1 Å². The van der Waals surface area contributed by atoms with E-state index in [4.69, 9.17) is 4.52 Å². The number of carbonyl (C=O) groups is 1. The molecule has 0 aliphatic rings. The van der Waals surface area contributed by atoms with Crippen LogP contribution in [-0.4, -0.2) is 25.6 Å². The van der Waals surface area contributed by atoms with Gasteiger partial charge in [-0.2, -0.15) is 0 Å². The number of hydrogen-bond donors (Lipinski definition) is 3. The third-order valence-corrected chi connectivity index (χ3v) is 4.58. The number of aryl methyl sites for hydroxylation is 1. The summed E-state index contributed by atoms with van der Waals surface area (Å²) in [6.07, 6.45) is 0. The molecular formula is C15H20N4O4S. The Balaban J connectivity index is 1.98. The Morgan fingerprint density at radius 2 is 2.04 bits per heavy atom. The summed E-state index contributed by atoms with van der Waals surface area (Å²) >= 11 is 0. The van der Waals surface area contributed by atoms with Gasteiger partial charge < -0.3 is 9.84 Å². The van der Waals surface area contributed by atoms with Crippen LogP contribution in [0.3, 0.4) is 0 Å². The summed E-state index contributed by atoms with van der Waals surface area (Å²) in [7, 11) is -3.57. The molecule has 24 heavy (non-hydrogen) atoms. The predicted octanol–water partition coefficient (Wildman–Crippen LogP) is 1.99. The number of nitrogens with one attached hydrogen (secondary N) is 3. The third-order valence-electron chi connectivity index (χ3n) is 2.92. The summed E-state index contributed by atoms with van der Waals surface area (Å²) in [5.41, 5.74) is 0.660. The first-order chi connectivity index (χ1) is 11.3. The fourth-order valence-electron chi connectivity index (χ4n) is 1.97. The van der Waals surface area contributed by atoms with E-state index in [-0.39, 0.29) is 17.5 Å². The fraction of sp³-hybridized carbons (Fsp3) is 0.333. The molecule has 1 aromatic carbocycles. The average molecular weight is 352 g/mol. The zero-order valence-corrected chi connectivity index (χ0v) is 14.5. The lowest BCUT2D eigenvalue weighted by atomic mass is 10.2. The van der Waals surface area contributed by atoms with Crippen LogP contribution in [0, 0.1) is 6.92 Å². The Morgan fingerprint density at radius 1 is 1.29 bits per heavy atom. The van der Waals surface area contributed by atoms with Crippen molar-refractivity contribution in [1.82, 2.24) is 15.2 Å². The topological polar surface area (TPSA) is 113 Å². The van der Waals surface area contributed by atoms with Crippen molar-refractivity contribution in [3.63, 3.8) is 0 Å². The maximum Gasteiger partial charge on any atom is 0.320 e. The average Bonchev–Trinajstić information content (AvgIpc) is 2.89. The van der Waals surface area contributed by atoms with E-state index in [2.05, 4.69) is 20.5 Å². The molecule has 1 heterocycles. The van der Waals surface area contributed by atoms with E-state index >= 15 is 0 Å². The highest BCUT2D eigenvalue weighted by Crippen LogP contribution is 2.12. The van der Waals surface area contributed by atoms with Crippen LogP contribution in [0.1, 0.15) is 25.2 Å². The van der Waals surface area contributed by atoms with Crippen LogP contribution in [0.25, 0.3) is 0 Å². The molecule has 1 aromatic heterocycles. The van der Waals surface area contributed by atoms with Gasteiger partial charge in [-0.15, -0.1) is 0 Å². The van der Waals surface area contributed by atoms with Crippen molar-refractivity contribution >= 4 is 21.9 Å². The van der Waals surface area contributed by atoms with Gasteiger partial charge in [0.1, 0.15) is 5.76 Å². The maximum absolute atomic E-state index is 12.1. The highest BCUT2D eigenvalue weighted by molar-refractivity contribution is 7.89. The molecule has 130 valence electrons. The minimum atomic E-state index is -3.57. The Labute approximate surface area is 140 Å². The number of hydrogen-bond acceptors (Lipinski definition) is 5. The van der Waals surface area contributed by atoms with Gasteiger partial charge in [-0.1, -0.05) is 17.3 Å². The highest BCUT2D eigenvalue weighted by Gasteiger charge is 2.15. The van der Waals surface area contributed by atoms with Crippen molar-refractivity contribution in [1.29, 1.82) is 0 Å². The second kappa shape index (κ2) is 7.45. The van der Waals surface area contributed by atoms with Crippen molar-refractivity contribution < 1.29 is 17.7 Å². The van der Waals surface area contributed by atoms with Gasteiger partial charge in [-0.25, -0.2) is 17.9 Å². The number of urea groups is 1. The minimum Gasteiger partial charge on any atom is -0.360 e. The highest BCUT2D eigenvalue weighted by atomic mass is 32.2. The first-order valence-electron chi connectivity index (χ1n) is 7.36. The van der Waals surface area contributed by atoms with Crippen LogP contribution in [-0.2, 0) is 16.6 Å². The quantitative estimate of drug-likeness (QED) is 0.736. The molecule has 8 nitrogen and oxygen atoms in total. The van der Waals surface area contributed by atoms with Gasteiger partial charge in [0, 0.05) is 18.7 Å². The predicted molar refractivity (Wildman–Crippen MR) is 89.0 cm³/mol. The molecule has 0 spiro atoms. The van der Waals surface area contributed by atoms with E-state index in [0.29, 0.717) is 17.1 Å². The van der Waals surface area contributed by atoms with Crippen LogP contribution >= 0.6 is 0 Å². The lowest BCUT2D eigenvalue weighted by Gasteiger charge is -2.11. The molecule has 0 bridgehead atoms. The second-order valence-electron chi connectivity index (χ2n) is 5.55. The molecule has 0 unspecified atom stereocenters. The van der Waals surface area contributed by atoms with Crippen LogP contribution < -0.4 is 15.4 Å². The molecule has 0 fully saturated rings. The van der Waals surface area contributed by atoms with Crippen molar-refractivity contribution in [3.8, 4) is 0 Å². The zero-order valence-electron chi connectivity index (χ0n) is 13.7. The number of nitrogens with zero attached hydrogens (tertiary/aromatic N) is 1. The number of rotatable bonds is 6. The van der Waals surface area contributed by atoms with Crippen molar-refractivity contribution in [3.05, 3.63) is 41.7 Å². The van der Waals surface area contributed by atoms with E-state index in [9.17, 15) is 13.2 Å². The summed E-state index contributed by atoms with van der Waals surface area (Å²) in [5.74, 6) is 0.892. The smallest absolute Gasteiger partial charge is 0.320 e. The molecule has 3 N–H and O–H groups in total. The first kappa shape index (κ1) is 18.0. The van der Waals surface area contributed by atoms with E-state index in [0.717, 1.165) is 0 Å². The standard InChI is InChI=1S/C15H20N4O4S/c1-10(2)19-24(21,22)13-6-4-5-12(8-13)9-16-15(20)17-14-7-11(3)23-18-14/h4-8,10,19H,9H2,1-3H3,(H2,16,17,18,20). The van der Waals surface area contributed by atoms with Gasteiger partial charge in [0.2, 0.25) is 10.0 Å². The van der Waals surface area contributed by atoms with Crippen molar-refractivity contribution in [2.24, 2.45) is 0 Å². The zero-order chi connectivity index (χ0) is 17.7. The van der Waals surface area contributed by atoms with Gasteiger partial charge in [0.25, 0.3) is 0 Å². The number of sulfonamides is 1. The Bertz CT molecular complexity index is 814. The summed E-state index contributed by atoms with van der Waals surface area (Å²) in [5, 5.41) is 8.80. The summed E-state index contributed by atoms with van der Waals surface area (Å²) in [6.45, 7) is 5.39. The first-order valence-corrected chi connectivity index (χ1v) is 8.84. The summed E-state index contributed by atoms with van der Waals surface area (Å²) in [6, 6.07) is 7.31. The molecule has 2 aromatic rings. The van der Waals surface area contributed by atoms with Gasteiger partial charge in [-0.3, -0.25) is 5.32 Å². The third kappa shape index (κ3) is 5.07. The molecular weight excluding hydrogens is 332 g/mol. The van der Waals surface area contributed by atoms with Crippen LogP contribution in [0.4, 0.5) is 10.6 Å². The molecule has 0 atom stereocenters. The largest absolute Gasteiger partial charge is 0.360 e. The van der Waals surface area contributed by atoms with Gasteiger partial charge in [0.05, 0.1) is 4.90 Å². The maximum atomic E-state index is 12.1. The molecule has 9 heteroatoms. The number of carbonyl (C=O) groups excluding carboxylic acids is 1. The normalized spacial score (nSPS) is 11.5. The summed E-state index contributed by atoms with van der Waals surface area (Å²) in [4.78, 5) is 11.9. The molecule has 0 saturated carbocycles. The van der Waals surface area contributed by atoms with E-state index in [1.807, 2.05) is 0 Å². The Morgan fingerprint density at radius 3 is 2.67 bits per heavy atom. The van der Waals surface area contributed by atoms with E-state index in [1.54, 1.807) is 39.0 Å².